The number of para-hydroxylation sites is 1. The van der Waals surface area contributed by atoms with Gasteiger partial charge in [0.25, 0.3) is 0 Å². The third-order valence-electron chi connectivity index (χ3n) is 6.07. The molecule has 0 saturated heterocycles. The van der Waals surface area contributed by atoms with E-state index in [1.54, 1.807) is 25.5 Å². The van der Waals surface area contributed by atoms with E-state index >= 15 is 4.39 Å². The number of thiophene rings is 1. The normalized spacial score (nSPS) is 11.7. The second-order valence-electron chi connectivity index (χ2n) is 9.11. The number of halogens is 1. The molecule has 0 amide bonds. The number of pyridine rings is 2. The van der Waals surface area contributed by atoms with Gasteiger partial charge in [0, 0.05) is 34.9 Å². The van der Waals surface area contributed by atoms with E-state index in [1.165, 1.54) is 11.3 Å². The molecule has 1 aromatic carbocycles. The molecule has 6 aromatic rings. The highest BCUT2D eigenvalue weighted by atomic mass is 32.1. The molecule has 0 aliphatic rings. The second kappa shape index (κ2) is 8.99. The van der Waals surface area contributed by atoms with Gasteiger partial charge < -0.3 is 9.88 Å². The molecule has 5 aromatic heterocycles. The molecule has 10 heteroatoms. The van der Waals surface area contributed by atoms with Gasteiger partial charge in [-0.3, -0.25) is 19.9 Å². The van der Waals surface area contributed by atoms with Crippen LogP contribution in [0.3, 0.4) is 0 Å². The zero-order valence-corrected chi connectivity index (χ0v) is 21.2. The smallest absolute Gasteiger partial charge is 0.169 e. The van der Waals surface area contributed by atoms with Gasteiger partial charge in [0.1, 0.15) is 11.4 Å². The third-order valence-corrected chi connectivity index (χ3v) is 7.29. The Kier molecular flexibility index (Phi) is 5.62. The lowest BCUT2D eigenvalue weighted by Crippen LogP contribution is -2.10. The maximum Gasteiger partial charge on any atom is 0.169 e. The number of carbonyl (C=O) groups is 1. The predicted octanol–water partition coefficient (Wildman–Crippen LogP) is 5.70. The van der Waals surface area contributed by atoms with E-state index in [-0.39, 0.29) is 11.5 Å². The number of fused-ring (bicyclic) bond motifs is 2. The third kappa shape index (κ3) is 4.09. The Bertz CT molecular complexity index is 1800. The molecule has 8 nitrogen and oxygen atoms in total. The maximum absolute atomic E-state index is 16.0. The average molecular weight is 512 g/mol. The highest BCUT2D eigenvalue weighted by Gasteiger charge is 2.21. The van der Waals surface area contributed by atoms with E-state index in [4.69, 9.17) is 4.98 Å². The van der Waals surface area contributed by atoms with Crippen LogP contribution in [0, 0.1) is 5.82 Å². The van der Waals surface area contributed by atoms with Gasteiger partial charge in [0.05, 0.1) is 33.0 Å². The summed E-state index contributed by atoms with van der Waals surface area (Å²) in [6.07, 6.45) is 4.95. The van der Waals surface area contributed by atoms with Crippen molar-refractivity contribution in [2.24, 2.45) is 0 Å². The van der Waals surface area contributed by atoms with E-state index in [0.29, 0.717) is 39.4 Å². The number of carbonyl (C=O) groups excluding carboxylic acids is 1. The summed E-state index contributed by atoms with van der Waals surface area (Å²) < 4.78 is 16.0. The average Bonchev–Trinajstić information content (AvgIpc) is 3.61. The van der Waals surface area contributed by atoms with Crippen LogP contribution in [0.25, 0.3) is 55.2 Å². The van der Waals surface area contributed by atoms with Gasteiger partial charge in [-0.05, 0) is 50.8 Å². The van der Waals surface area contributed by atoms with Gasteiger partial charge >= 0.3 is 0 Å². The minimum absolute atomic E-state index is 0.0245. The number of nitrogens with zero attached hydrogens (tertiary/aromatic N) is 5. The molecule has 0 aliphatic heterocycles. The van der Waals surface area contributed by atoms with E-state index in [1.807, 2.05) is 55.4 Å². The number of nitrogens with one attached hydrogen (secondary N) is 2. The number of aromatic amines is 2. The van der Waals surface area contributed by atoms with Crippen molar-refractivity contribution in [3.05, 3.63) is 71.2 Å². The zero-order valence-electron chi connectivity index (χ0n) is 20.3. The fourth-order valence-electron chi connectivity index (χ4n) is 4.43. The molecule has 0 aliphatic carbocycles. The van der Waals surface area contributed by atoms with Gasteiger partial charge in [0.2, 0.25) is 0 Å². The van der Waals surface area contributed by atoms with Crippen LogP contribution in [0.1, 0.15) is 22.2 Å². The van der Waals surface area contributed by atoms with E-state index < -0.39 is 5.82 Å². The van der Waals surface area contributed by atoms with Crippen molar-refractivity contribution in [2.75, 3.05) is 14.1 Å². The first kappa shape index (κ1) is 23.1. The molecular formula is C27H22FN7OS. The molecule has 0 spiro atoms. The highest BCUT2D eigenvalue weighted by Crippen LogP contribution is 2.36. The van der Waals surface area contributed by atoms with Crippen LogP contribution in [0.2, 0.25) is 0 Å². The second-order valence-corrected chi connectivity index (χ2v) is 10.2. The zero-order chi connectivity index (χ0) is 25.7. The SMILES string of the molecule is CC(=O)c1ccc(-c2cccc3[nH]c(-c4n[nH]c5cnc(-c6cncc(CN(C)C)c6)c(F)c45)nc23)s1. The number of hydrogen-bond acceptors (Lipinski definition) is 7. The van der Waals surface area contributed by atoms with Crippen LogP contribution < -0.4 is 0 Å². The van der Waals surface area contributed by atoms with Crippen molar-refractivity contribution in [1.29, 1.82) is 0 Å². The van der Waals surface area contributed by atoms with Crippen molar-refractivity contribution in [3.8, 4) is 33.2 Å². The molecule has 0 saturated carbocycles. The van der Waals surface area contributed by atoms with Crippen LogP contribution in [0.15, 0.2) is 55.0 Å². The number of H-pyrrole nitrogens is 2. The van der Waals surface area contributed by atoms with Gasteiger partial charge in [-0.25, -0.2) is 9.37 Å². The molecule has 184 valence electrons. The van der Waals surface area contributed by atoms with Gasteiger partial charge in [-0.1, -0.05) is 12.1 Å². The summed E-state index contributed by atoms with van der Waals surface area (Å²) in [5, 5.41) is 7.56. The quantitative estimate of drug-likeness (QED) is 0.278. The lowest BCUT2D eigenvalue weighted by atomic mass is 10.1. The van der Waals surface area contributed by atoms with E-state index in [9.17, 15) is 4.79 Å². The first-order valence-corrected chi connectivity index (χ1v) is 12.4. The lowest BCUT2D eigenvalue weighted by molar-refractivity contribution is 0.102. The summed E-state index contributed by atoms with van der Waals surface area (Å²) in [4.78, 5) is 32.2. The number of Topliss-reactive ketones (excluding diaryl/α,β-unsaturated/α-hetero) is 1. The number of benzene rings is 1. The number of imidazole rings is 1. The molecule has 5 heterocycles. The van der Waals surface area contributed by atoms with E-state index in [2.05, 4.69) is 25.1 Å². The summed E-state index contributed by atoms with van der Waals surface area (Å²) in [6.45, 7) is 2.24. The fourth-order valence-corrected chi connectivity index (χ4v) is 5.36. The molecule has 2 N–H and O–H groups in total. The number of rotatable bonds is 6. The van der Waals surface area contributed by atoms with Crippen molar-refractivity contribution in [3.63, 3.8) is 0 Å². The largest absolute Gasteiger partial charge is 0.337 e. The van der Waals surface area contributed by atoms with Gasteiger partial charge in [-0.15, -0.1) is 11.3 Å². The minimum atomic E-state index is -0.491. The first-order valence-electron chi connectivity index (χ1n) is 11.6. The molecule has 0 bridgehead atoms. The Morgan fingerprint density at radius 2 is 1.95 bits per heavy atom. The first-order chi connectivity index (χ1) is 17.9. The lowest BCUT2D eigenvalue weighted by Gasteiger charge is -2.10. The molecule has 0 atom stereocenters. The summed E-state index contributed by atoms with van der Waals surface area (Å²) in [5.41, 5.74) is 5.00. The molecule has 6 rings (SSSR count). The monoisotopic (exact) mass is 511 g/mol. The topological polar surface area (TPSA) is 103 Å². The van der Waals surface area contributed by atoms with Crippen LogP contribution in [-0.2, 0) is 6.54 Å². The minimum Gasteiger partial charge on any atom is -0.337 e. The van der Waals surface area contributed by atoms with Crippen molar-refractivity contribution in [1.82, 2.24) is 35.0 Å². The van der Waals surface area contributed by atoms with Crippen molar-refractivity contribution in [2.45, 2.75) is 13.5 Å². The summed E-state index contributed by atoms with van der Waals surface area (Å²) in [6, 6.07) is 11.4. The van der Waals surface area contributed by atoms with Crippen LogP contribution in [0.4, 0.5) is 4.39 Å². The van der Waals surface area contributed by atoms with Crippen molar-refractivity contribution < 1.29 is 9.18 Å². The summed E-state index contributed by atoms with van der Waals surface area (Å²) in [7, 11) is 3.93. The molecule has 37 heavy (non-hydrogen) atoms. The van der Waals surface area contributed by atoms with Crippen molar-refractivity contribution >= 4 is 39.1 Å². The predicted molar refractivity (Wildman–Crippen MR) is 143 cm³/mol. The molecular weight excluding hydrogens is 489 g/mol. The Hall–Kier alpha value is -4.28. The van der Waals surface area contributed by atoms with Crippen LogP contribution in [0.5, 0.6) is 0 Å². The molecule has 0 radical (unpaired) electrons. The van der Waals surface area contributed by atoms with E-state index in [0.717, 1.165) is 27.0 Å². The van der Waals surface area contributed by atoms with Crippen LogP contribution in [-0.4, -0.2) is 54.9 Å². The number of hydrogen-bond donors (Lipinski definition) is 2. The fraction of sp³-hybridized carbons (Fsp3) is 0.148. The number of aromatic nitrogens is 6. The maximum atomic E-state index is 16.0. The Morgan fingerprint density at radius 3 is 2.73 bits per heavy atom. The number of ketones is 1. The molecule has 0 fully saturated rings. The Morgan fingerprint density at radius 1 is 1.08 bits per heavy atom. The van der Waals surface area contributed by atoms with Gasteiger partial charge in [0.15, 0.2) is 17.4 Å². The summed E-state index contributed by atoms with van der Waals surface area (Å²) in [5.74, 6) is -0.0286. The highest BCUT2D eigenvalue weighted by molar-refractivity contribution is 7.17. The Labute approximate surface area is 215 Å². The Balaban J connectivity index is 1.47. The van der Waals surface area contributed by atoms with Crippen LogP contribution >= 0.6 is 11.3 Å². The molecule has 0 unspecified atom stereocenters. The van der Waals surface area contributed by atoms with Gasteiger partial charge in [-0.2, -0.15) is 5.10 Å². The standard InChI is InChI=1S/C27H22FN7OS/c1-14(36)20-7-8-21(37-20)17-5-4-6-18-25(17)32-27(31-18)26-22-19(33-34-26)12-30-24(23(22)28)16-9-15(10-29-11-16)13-35(2)3/h4-12H,13H2,1-3H3,(H,31,32)(H,33,34). The summed E-state index contributed by atoms with van der Waals surface area (Å²) >= 11 is 1.42.